The van der Waals surface area contributed by atoms with Crippen LogP contribution in [-0.4, -0.2) is 44.6 Å². The van der Waals surface area contributed by atoms with Gasteiger partial charge in [-0.2, -0.15) is 5.10 Å². The molecule has 0 aliphatic carbocycles. The summed E-state index contributed by atoms with van der Waals surface area (Å²) < 4.78 is 0. The van der Waals surface area contributed by atoms with Crippen LogP contribution in [0, 0.1) is 5.41 Å². The second-order valence-electron chi connectivity index (χ2n) is 7.79. The number of fused-ring (bicyclic) bond motifs is 1. The van der Waals surface area contributed by atoms with Crippen molar-refractivity contribution in [3.63, 3.8) is 0 Å². The fourth-order valence-electron chi connectivity index (χ4n) is 3.55. The fraction of sp³-hybridized carbons (Fsp3) is 0.350. The second kappa shape index (κ2) is 6.70. The molecule has 3 heterocycles. The zero-order valence-corrected chi connectivity index (χ0v) is 16.1. The predicted octanol–water partition coefficient (Wildman–Crippen LogP) is 2.62. The first kappa shape index (κ1) is 18.1. The number of benzene rings is 1. The van der Waals surface area contributed by atoms with E-state index in [0.29, 0.717) is 25.2 Å². The molecular formula is C20H22N6O2. The zero-order chi connectivity index (χ0) is 19.9. The lowest BCUT2D eigenvalue weighted by molar-refractivity contribution is -0.139. The Morgan fingerprint density at radius 2 is 1.93 bits per heavy atom. The number of hydrazone groups is 1. The van der Waals surface area contributed by atoms with Crippen LogP contribution in [0.2, 0.25) is 0 Å². The van der Waals surface area contributed by atoms with E-state index in [4.69, 9.17) is 0 Å². The summed E-state index contributed by atoms with van der Waals surface area (Å²) >= 11 is 0. The first-order valence-electron chi connectivity index (χ1n) is 9.13. The van der Waals surface area contributed by atoms with E-state index in [9.17, 15) is 9.59 Å². The summed E-state index contributed by atoms with van der Waals surface area (Å²) in [6.07, 6.45) is 3.83. The maximum atomic E-state index is 12.5. The minimum absolute atomic E-state index is 0.0106. The van der Waals surface area contributed by atoms with Gasteiger partial charge >= 0.3 is 6.03 Å². The molecule has 2 aromatic rings. The summed E-state index contributed by atoms with van der Waals surface area (Å²) in [6, 6.07) is 7.36. The van der Waals surface area contributed by atoms with Gasteiger partial charge in [0.25, 0.3) is 0 Å². The van der Waals surface area contributed by atoms with E-state index in [1.54, 1.807) is 18.1 Å². The molecule has 0 unspecified atom stereocenters. The van der Waals surface area contributed by atoms with Gasteiger partial charge in [-0.15, -0.1) is 0 Å². The Labute approximate surface area is 163 Å². The Balaban J connectivity index is 1.44. The molecule has 1 aromatic heterocycles. The third-order valence-electron chi connectivity index (χ3n) is 5.09. The van der Waals surface area contributed by atoms with Crippen molar-refractivity contribution in [1.82, 2.24) is 19.9 Å². The normalized spacial score (nSPS) is 18.0. The van der Waals surface area contributed by atoms with Crippen molar-refractivity contribution >= 4 is 23.3 Å². The van der Waals surface area contributed by atoms with Crippen LogP contribution in [0.25, 0.3) is 0 Å². The van der Waals surface area contributed by atoms with Gasteiger partial charge in [-0.05, 0) is 17.7 Å². The van der Waals surface area contributed by atoms with Crippen molar-refractivity contribution in [3.8, 4) is 0 Å². The topological polar surface area (TPSA) is 90.8 Å². The summed E-state index contributed by atoms with van der Waals surface area (Å²) in [6.45, 7) is 4.83. The number of carbonyl (C=O) groups is 2. The van der Waals surface area contributed by atoms with Crippen molar-refractivity contribution in [2.75, 3.05) is 12.4 Å². The lowest BCUT2D eigenvalue weighted by Crippen LogP contribution is -2.42. The van der Waals surface area contributed by atoms with E-state index < -0.39 is 5.41 Å². The number of amides is 3. The predicted molar refractivity (Wildman–Crippen MR) is 104 cm³/mol. The highest BCUT2D eigenvalue weighted by atomic mass is 16.2. The number of carbonyl (C=O) groups excluding carboxylic acids is 2. The smallest absolute Gasteiger partial charge is 0.314 e. The highest BCUT2D eigenvalue weighted by Crippen LogP contribution is 2.30. The van der Waals surface area contributed by atoms with Crippen molar-refractivity contribution in [1.29, 1.82) is 0 Å². The molecular weight excluding hydrogens is 356 g/mol. The molecule has 1 aromatic carbocycles. The van der Waals surface area contributed by atoms with Gasteiger partial charge in [0.15, 0.2) is 0 Å². The molecule has 0 saturated heterocycles. The number of nitrogens with one attached hydrogen (secondary N) is 1. The summed E-state index contributed by atoms with van der Waals surface area (Å²) in [5, 5.41) is 8.72. The zero-order valence-electron chi connectivity index (χ0n) is 16.1. The number of rotatable bonds is 2. The SMILES string of the molecule is CN1N=C(c2ccc(NC(=O)N3Cc4cncnc4C3)cc2)CC(C)(C)C1=O. The summed E-state index contributed by atoms with van der Waals surface area (Å²) in [4.78, 5) is 34.6. The molecule has 2 aliphatic rings. The number of urea groups is 1. The minimum atomic E-state index is -0.480. The van der Waals surface area contributed by atoms with Gasteiger partial charge in [0.05, 0.1) is 29.9 Å². The highest BCUT2D eigenvalue weighted by Gasteiger charge is 2.36. The molecule has 8 nitrogen and oxygen atoms in total. The summed E-state index contributed by atoms with van der Waals surface area (Å²) in [5.41, 5.74) is 3.89. The van der Waals surface area contributed by atoms with Gasteiger partial charge in [-0.1, -0.05) is 26.0 Å². The van der Waals surface area contributed by atoms with Crippen molar-refractivity contribution in [2.24, 2.45) is 10.5 Å². The molecule has 0 fully saturated rings. The van der Waals surface area contributed by atoms with Crippen LogP contribution in [0.1, 0.15) is 37.1 Å². The summed E-state index contributed by atoms with van der Waals surface area (Å²) in [5.74, 6) is 0.0106. The van der Waals surface area contributed by atoms with E-state index in [0.717, 1.165) is 22.5 Å². The quantitative estimate of drug-likeness (QED) is 0.870. The molecule has 28 heavy (non-hydrogen) atoms. The van der Waals surface area contributed by atoms with Crippen LogP contribution in [0.15, 0.2) is 41.9 Å². The van der Waals surface area contributed by atoms with Crippen molar-refractivity contribution in [2.45, 2.75) is 33.4 Å². The Morgan fingerprint density at radius 1 is 1.18 bits per heavy atom. The average Bonchev–Trinajstić information content (AvgIpc) is 3.11. The number of hydrogen-bond acceptors (Lipinski definition) is 5. The molecule has 0 spiro atoms. The van der Waals surface area contributed by atoms with E-state index in [1.807, 2.05) is 38.1 Å². The largest absolute Gasteiger partial charge is 0.322 e. The molecule has 4 rings (SSSR count). The molecule has 0 atom stereocenters. The summed E-state index contributed by atoms with van der Waals surface area (Å²) in [7, 11) is 1.68. The van der Waals surface area contributed by atoms with E-state index in [-0.39, 0.29) is 11.9 Å². The van der Waals surface area contributed by atoms with Gasteiger partial charge in [0.2, 0.25) is 5.91 Å². The average molecular weight is 378 g/mol. The lowest BCUT2D eigenvalue weighted by atomic mass is 9.83. The molecule has 0 bridgehead atoms. The standard InChI is InChI=1S/C20H22N6O2/c1-20(2)8-16(24-25(3)18(20)27)13-4-6-15(7-5-13)23-19(28)26-10-14-9-21-12-22-17(14)11-26/h4-7,9,12H,8,10-11H2,1-3H3,(H,23,28). The molecule has 0 radical (unpaired) electrons. The Morgan fingerprint density at radius 3 is 2.61 bits per heavy atom. The van der Waals surface area contributed by atoms with Crippen LogP contribution >= 0.6 is 0 Å². The Hall–Kier alpha value is -3.29. The highest BCUT2D eigenvalue weighted by molar-refractivity contribution is 6.06. The third-order valence-corrected chi connectivity index (χ3v) is 5.09. The van der Waals surface area contributed by atoms with Gasteiger partial charge in [0, 0.05) is 30.9 Å². The number of hydrogen-bond donors (Lipinski definition) is 1. The van der Waals surface area contributed by atoms with Crippen LogP contribution < -0.4 is 5.32 Å². The Bertz CT molecular complexity index is 942. The molecule has 144 valence electrons. The minimum Gasteiger partial charge on any atom is -0.314 e. The number of aromatic nitrogens is 2. The van der Waals surface area contributed by atoms with Crippen LogP contribution in [0.5, 0.6) is 0 Å². The van der Waals surface area contributed by atoms with E-state index in [2.05, 4.69) is 20.4 Å². The van der Waals surface area contributed by atoms with Gasteiger partial charge in [0.1, 0.15) is 6.33 Å². The lowest BCUT2D eigenvalue weighted by Gasteiger charge is -2.32. The number of anilines is 1. The first-order valence-corrected chi connectivity index (χ1v) is 9.13. The van der Waals surface area contributed by atoms with E-state index in [1.165, 1.54) is 11.3 Å². The van der Waals surface area contributed by atoms with Crippen LogP contribution in [0.4, 0.5) is 10.5 Å². The van der Waals surface area contributed by atoms with Gasteiger partial charge in [-0.3, -0.25) is 4.79 Å². The molecule has 2 aliphatic heterocycles. The van der Waals surface area contributed by atoms with E-state index >= 15 is 0 Å². The molecule has 8 heteroatoms. The maximum Gasteiger partial charge on any atom is 0.322 e. The third kappa shape index (κ3) is 3.33. The number of nitrogens with zero attached hydrogens (tertiary/aromatic N) is 5. The fourth-order valence-corrected chi connectivity index (χ4v) is 3.55. The van der Waals surface area contributed by atoms with Crippen molar-refractivity contribution in [3.05, 3.63) is 53.6 Å². The van der Waals surface area contributed by atoms with Crippen LogP contribution in [0.3, 0.4) is 0 Å². The molecule has 0 saturated carbocycles. The van der Waals surface area contributed by atoms with Gasteiger partial charge < -0.3 is 10.2 Å². The Kier molecular flexibility index (Phi) is 4.33. The molecule has 3 amide bonds. The van der Waals surface area contributed by atoms with Gasteiger partial charge in [-0.25, -0.2) is 19.8 Å². The monoisotopic (exact) mass is 378 g/mol. The molecule has 1 N–H and O–H groups in total. The first-order chi connectivity index (χ1) is 13.3. The second-order valence-corrected chi connectivity index (χ2v) is 7.79. The van der Waals surface area contributed by atoms with Crippen LogP contribution in [-0.2, 0) is 17.9 Å². The maximum absolute atomic E-state index is 12.5. The van der Waals surface area contributed by atoms with Crippen molar-refractivity contribution < 1.29 is 9.59 Å².